The number of aromatic nitrogens is 2. The summed E-state index contributed by atoms with van der Waals surface area (Å²) in [6.45, 7) is 16.3. The number of nitrogens with one attached hydrogen (secondary N) is 1. The molecule has 1 N–H and O–H groups in total. The molecule has 0 spiro atoms. The average molecular weight is 492 g/mol. The van der Waals surface area contributed by atoms with Gasteiger partial charge in [-0.05, 0) is 68.2 Å². The van der Waals surface area contributed by atoms with Crippen molar-refractivity contribution < 1.29 is 23.6 Å². The zero-order valence-electron chi connectivity index (χ0n) is 21.5. The predicted octanol–water partition coefficient (Wildman–Crippen LogP) is 2.77. The van der Waals surface area contributed by atoms with Crippen molar-refractivity contribution in [2.24, 2.45) is 0 Å². The van der Waals surface area contributed by atoms with E-state index in [1.807, 2.05) is 27.7 Å². The van der Waals surface area contributed by atoms with Crippen LogP contribution < -0.4 is 10.8 Å². The fourth-order valence-corrected chi connectivity index (χ4v) is 4.76. The van der Waals surface area contributed by atoms with Crippen LogP contribution in [0.1, 0.15) is 68.2 Å². The quantitative estimate of drug-likeness (QED) is 0.495. The van der Waals surface area contributed by atoms with Crippen molar-refractivity contribution in [3.05, 3.63) is 12.4 Å². The van der Waals surface area contributed by atoms with Gasteiger partial charge in [-0.1, -0.05) is 11.8 Å². The number of nitrogens with zero attached hydrogens (tertiary/aromatic N) is 3. The zero-order valence-corrected chi connectivity index (χ0v) is 22.3. The maximum absolute atomic E-state index is 12.9. The van der Waals surface area contributed by atoms with Crippen LogP contribution in [-0.2, 0) is 18.8 Å². The second-order valence-electron chi connectivity index (χ2n) is 10.9. The van der Waals surface area contributed by atoms with E-state index in [2.05, 4.69) is 15.3 Å². The van der Waals surface area contributed by atoms with Gasteiger partial charge in [-0.15, -0.1) is 0 Å². The molecule has 2 atom stereocenters. The van der Waals surface area contributed by atoms with Crippen molar-refractivity contribution in [3.8, 4) is 0 Å². The molecule has 34 heavy (non-hydrogen) atoms. The van der Waals surface area contributed by atoms with Gasteiger partial charge in [0.2, 0.25) is 5.91 Å². The van der Waals surface area contributed by atoms with E-state index in [4.69, 9.17) is 14.0 Å². The van der Waals surface area contributed by atoms with Crippen molar-refractivity contribution in [1.29, 1.82) is 0 Å². The number of rotatable bonds is 5. The Morgan fingerprint density at radius 1 is 1.21 bits per heavy atom. The van der Waals surface area contributed by atoms with E-state index in [0.717, 1.165) is 18.3 Å². The maximum Gasteiger partial charge on any atom is 0.498 e. The third kappa shape index (κ3) is 6.63. The molecule has 2 aliphatic heterocycles. The molecule has 3 rings (SSSR count). The molecule has 1 aromatic rings. The molecule has 2 saturated heterocycles. The number of ether oxygens (including phenoxy) is 1. The van der Waals surface area contributed by atoms with E-state index < -0.39 is 36.1 Å². The van der Waals surface area contributed by atoms with Gasteiger partial charge >= 0.3 is 13.2 Å². The smallest absolute Gasteiger partial charge is 0.444 e. The van der Waals surface area contributed by atoms with Gasteiger partial charge in [-0.3, -0.25) is 4.79 Å². The van der Waals surface area contributed by atoms with Crippen molar-refractivity contribution >= 4 is 36.3 Å². The van der Waals surface area contributed by atoms with E-state index in [9.17, 15) is 9.59 Å². The Hall–Kier alpha value is -1.85. The number of thioether (sulfide) groups is 1. The van der Waals surface area contributed by atoms with Crippen LogP contribution >= 0.6 is 11.8 Å². The first kappa shape index (κ1) is 26.8. The van der Waals surface area contributed by atoms with E-state index in [1.54, 1.807) is 56.8 Å². The van der Waals surface area contributed by atoms with Crippen molar-refractivity contribution in [2.45, 2.75) is 101 Å². The molecule has 2 fully saturated rings. The Labute approximate surface area is 207 Å². The SMILES string of the molecule is CC(NC(=O)OC(C)(C)C)C(=O)N1CCC[C@H](Sc2ncc(B3OC(C)(C)C(C)(C)O3)cn2)C1. The van der Waals surface area contributed by atoms with Crippen molar-refractivity contribution in [3.63, 3.8) is 0 Å². The fourth-order valence-electron chi connectivity index (χ4n) is 3.69. The first-order valence-corrected chi connectivity index (χ1v) is 12.7. The minimum absolute atomic E-state index is 0.117. The molecule has 0 bridgehead atoms. The molecular weight excluding hydrogens is 455 g/mol. The van der Waals surface area contributed by atoms with Gasteiger partial charge in [0, 0.05) is 36.2 Å². The fraction of sp³-hybridized carbons (Fsp3) is 0.739. The van der Waals surface area contributed by atoms with Crippen LogP contribution in [-0.4, -0.2) is 75.2 Å². The van der Waals surface area contributed by atoms with Crippen LogP contribution in [0.2, 0.25) is 0 Å². The van der Waals surface area contributed by atoms with Crippen molar-refractivity contribution in [1.82, 2.24) is 20.2 Å². The molecule has 3 heterocycles. The highest BCUT2D eigenvalue weighted by Crippen LogP contribution is 2.36. The molecule has 188 valence electrons. The first-order chi connectivity index (χ1) is 15.7. The molecule has 0 aromatic carbocycles. The van der Waals surface area contributed by atoms with E-state index in [1.165, 1.54) is 0 Å². The minimum atomic E-state index is -0.658. The normalized spacial score (nSPS) is 22.9. The Morgan fingerprint density at radius 2 is 1.79 bits per heavy atom. The highest BCUT2D eigenvalue weighted by Gasteiger charge is 2.52. The third-order valence-electron chi connectivity index (χ3n) is 6.24. The zero-order chi connectivity index (χ0) is 25.3. The molecule has 0 saturated carbocycles. The Bertz CT molecular complexity index is 874. The third-order valence-corrected chi connectivity index (χ3v) is 7.38. The topological polar surface area (TPSA) is 103 Å². The summed E-state index contributed by atoms with van der Waals surface area (Å²) in [6.07, 6.45) is 4.75. The second-order valence-corrected chi connectivity index (χ2v) is 12.2. The lowest BCUT2D eigenvalue weighted by Crippen LogP contribution is -2.51. The molecule has 1 unspecified atom stereocenters. The Morgan fingerprint density at radius 3 is 2.35 bits per heavy atom. The predicted molar refractivity (Wildman–Crippen MR) is 132 cm³/mol. The van der Waals surface area contributed by atoms with Crippen LogP contribution in [0.3, 0.4) is 0 Å². The molecule has 2 amide bonds. The number of carbonyl (C=O) groups excluding carboxylic acids is 2. The minimum Gasteiger partial charge on any atom is -0.444 e. The molecule has 0 radical (unpaired) electrons. The molecule has 1 aromatic heterocycles. The van der Waals surface area contributed by atoms with Crippen LogP contribution in [0.4, 0.5) is 4.79 Å². The van der Waals surface area contributed by atoms with Gasteiger partial charge in [-0.25, -0.2) is 14.8 Å². The number of carbonyl (C=O) groups is 2. The highest BCUT2D eigenvalue weighted by atomic mass is 32.2. The summed E-state index contributed by atoms with van der Waals surface area (Å²) in [5.41, 5.74) is -0.667. The number of likely N-dealkylation sites (tertiary alicyclic amines) is 1. The van der Waals surface area contributed by atoms with Crippen molar-refractivity contribution in [2.75, 3.05) is 13.1 Å². The van der Waals surface area contributed by atoms with Gasteiger partial charge in [-0.2, -0.15) is 0 Å². The van der Waals surface area contributed by atoms with Crippen LogP contribution in [0.15, 0.2) is 17.6 Å². The molecular formula is C23H37BN4O5S. The van der Waals surface area contributed by atoms with Gasteiger partial charge in [0.1, 0.15) is 11.6 Å². The molecule has 0 aliphatic carbocycles. The summed E-state index contributed by atoms with van der Waals surface area (Å²) < 4.78 is 17.4. The lowest BCUT2D eigenvalue weighted by atomic mass is 9.81. The average Bonchev–Trinajstić information content (AvgIpc) is 2.93. The molecule has 11 heteroatoms. The number of alkyl carbamates (subject to hydrolysis) is 1. The first-order valence-electron chi connectivity index (χ1n) is 11.8. The summed E-state index contributed by atoms with van der Waals surface area (Å²) in [4.78, 5) is 35.7. The van der Waals surface area contributed by atoms with Crippen LogP contribution in [0, 0.1) is 0 Å². The van der Waals surface area contributed by atoms with E-state index >= 15 is 0 Å². The number of hydrogen-bond acceptors (Lipinski definition) is 8. The van der Waals surface area contributed by atoms with Gasteiger partial charge in [0.15, 0.2) is 5.16 Å². The summed E-state index contributed by atoms with van der Waals surface area (Å²) in [7, 11) is -0.495. The van der Waals surface area contributed by atoms with E-state index in [0.29, 0.717) is 18.2 Å². The van der Waals surface area contributed by atoms with Gasteiger partial charge in [0.25, 0.3) is 0 Å². The lowest BCUT2D eigenvalue weighted by Gasteiger charge is -2.34. The standard InChI is InChI=1S/C23H37BN4O5S/c1-15(27-20(30)31-21(2,3)4)18(29)28-11-9-10-17(14-28)34-19-25-12-16(13-26-19)24-32-22(5,6)23(7,8)33-24/h12-13,15,17H,9-11,14H2,1-8H3,(H,27,30)/t15?,17-/m0/s1. The summed E-state index contributed by atoms with van der Waals surface area (Å²) in [5, 5.41) is 3.46. The Kier molecular flexibility index (Phi) is 7.89. The van der Waals surface area contributed by atoms with Crippen LogP contribution in [0.25, 0.3) is 0 Å². The summed E-state index contributed by atoms with van der Waals surface area (Å²) >= 11 is 1.56. The van der Waals surface area contributed by atoms with E-state index in [-0.39, 0.29) is 11.2 Å². The monoisotopic (exact) mass is 492 g/mol. The number of piperidine rings is 1. The summed E-state index contributed by atoms with van der Waals surface area (Å²) in [5.74, 6) is -0.117. The summed E-state index contributed by atoms with van der Waals surface area (Å²) in [6, 6.07) is -0.658. The largest absolute Gasteiger partial charge is 0.498 e. The highest BCUT2D eigenvalue weighted by molar-refractivity contribution is 7.99. The van der Waals surface area contributed by atoms with Crippen LogP contribution in [0.5, 0.6) is 0 Å². The maximum atomic E-state index is 12.9. The lowest BCUT2D eigenvalue weighted by molar-refractivity contribution is -0.133. The molecule has 2 aliphatic rings. The second kappa shape index (κ2) is 10.0. The number of hydrogen-bond donors (Lipinski definition) is 1. The Balaban J connectivity index is 1.54. The number of amides is 2. The molecule has 9 nitrogen and oxygen atoms in total. The van der Waals surface area contributed by atoms with Gasteiger partial charge in [0.05, 0.1) is 11.2 Å². The van der Waals surface area contributed by atoms with Gasteiger partial charge < -0.3 is 24.3 Å².